The number of hydrogen-bond acceptors (Lipinski definition) is 2. The predicted molar refractivity (Wildman–Crippen MR) is 80.4 cm³/mol. The number of amides is 1. The molecule has 3 rings (SSSR count). The van der Waals surface area contributed by atoms with Crippen LogP contribution in [0.2, 0.25) is 0 Å². The van der Waals surface area contributed by atoms with E-state index in [1.54, 1.807) is 0 Å². The van der Waals surface area contributed by atoms with Gasteiger partial charge in [0.15, 0.2) is 0 Å². The number of fused-ring (bicyclic) bond motifs is 1. The van der Waals surface area contributed by atoms with Crippen LogP contribution in [-0.4, -0.2) is 42.4 Å². The monoisotopic (exact) mass is 272 g/mol. The average Bonchev–Trinajstić information content (AvgIpc) is 2.49. The Morgan fingerprint density at radius 1 is 1.15 bits per heavy atom. The maximum absolute atomic E-state index is 12.5. The number of rotatable bonds is 2. The number of carbonyl (C=O) groups is 1. The first-order valence-corrected chi connectivity index (χ1v) is 7.75. The van der Waals surface area contributed by atoms with Crippen molar-refractivity contribution in [1.82, 2.24) is 9.80 Å². The Kier molecular flexibility index (Phi) is 4.06. The lowest BCUT2D eigenvalue weighted by Crippen LogP contribution is -2.38. The molecule has 0 unspecified atom stereocenters. The first-order valence-electron chi connectivity index (χ1n) is 7.75. The molecule has 2 aliphatic heterocycles. The Balaban J connectivity index is 1.56. The van der Waals surface area contributed by atoms with Crippen molar-refractivity contribution < 1.29 is 4.79 Å². The number of carbonyl (C=O) groups excluding carboxylic acids is 1. The highest BCUT2D eigenvalue weighted by molar-refractivity contribution is 5.76. The standard InChI is InChI=1S/C17H24N2O/c1-18-9-6-14(7-10-18)12-17(20)19-11-8-15-4-2-3-5-16(15)13-19/h2-5,14H,6-13H2,1H3. The molecule has 1 fully saturated rings. The van der Waals surface area contributed by atoms with Crippen molar-refractivity contribution in [2.45, 2.75) is 32.2 Å². The van der Waals surface area contributed by atoms with Crippen LogP contribution in [0.5, 0.6) is 0 Å². The molecule has 1 amide bonds. The van der Waals surface area contributed by atoms with Gasteiger partial charge in [0.2, 0.25) is 5.91 Å². The number of benzene rings is 1. The highest BCUT2D eigenvalue weighted by Gasteiger charge is 2.24. The summed E-state index contributed by atoms with van der Waals surface area (Å²) in [6.07, 6.45) is 4.10. The van der Waals surface area contributed by atoms with Gasteiger partial charge in [-0.15, -0.1) is 0 Å². The molecule has 3 nitrogen and oxygen atoms in total. The first kappa shape index (κ1) is 13.6. The summed E-state index contributed by atoms with van der Waals surface area (Å²) in [6, 6.07) is 8.51. The fourth-order valence-corrected chi connectivity index (χ4v) is 3.35. The second kappa shape index (κ2) is 5.96. The molecule has 0 aromatic heterocycles. The molecule has 2 heterocycles. The summed E-state index contributed by atoms with van der Waals surface area (Å²) in [7, 11) is 2.17. The lowest BCUT2D eigenvalue weighted by atomic mass is 9.92. The van der Waals surface area contributed by atoms with Crippen molar-refractivity contribution in [1.29, 1.82) is 0 Å². The fraction of sp³-hybridized carbons (Fsp3) is 0.588. The van der Waals surface area contributed by atoms with Crippen LogP contribution in [-0.2, 0) is 17.8 Å². The summed E-state index contributed by atoms with van der Waals surface area (Å²) in [5.74, 6) is 0.949. The molecule has 3 heteroatoms. The molecule has 0 radical (unpaired) electrons. The predicted octanol–water partition coefficient (Wildman–Crippen LogP) is 2.30. The van der Waals surface area contributed by atoms with Crippen molar-refractivity contribution in [3.8, 4) is 0 Å². The van der Waals surface area contributed by atoms with E-state index in [2.05, 4.69) is 41.1 Å². The Morgan fingerprint density at radius 2 is 1.85 bits per heavy atom. The van der Waals surface area contributed by atoms with Crippen LogP contribution in [0.15, 0.2) is 24.3 Å². The number of hydrogen-bond donors (Lipinski definition) is 0. The SMILES string of the molecule is CN1CCC(CC(=O)N2CCc3ccccc3C2)CC1. The van der Waals surface area contributed by atoms with Crippen LogP contribution < -0.4 is 0 Å². The van der Waals surface area contributed by atoms with Crippen molar-refractivity contribution in [2.75, 3.05) is 26.7 Å². The number of piperidine rings is 1. The minimum absolute atomic E-state index is 0.356. The first-order chi connectivity index (χ1) is 9.72. The van der Waals surface area contributed by atoms with Crippen molar-refractivity contribution >= 4 is 5.91 Å². The van der Waals surface area contributed by atoms with Gasteiger partial charge in [-0.25, -0.2) is 0 Å². The van der Waals surface area contributed by atoms with Crippen LogP contribution in [0.3, 0.4) is 0 Å². The molecule has 0 bridgehead atoms. The van der Waals surface area contributed by atoms with E-state index in [9.17, 15) is 4.79 Å². The van der Waals surface area contributed by atoms with E-state index in [0.717, 1.165) is 39.0 Å². The maximum atomic E-state index is 12.5. The van der Waals surface area contributed by atoms with Crippen LogP contribution >= 0.6 is 0 Å². The van der Waals surface area contributed by atoms with E-state index in [0.29, 0.717) is 11.8 Å². The molecule has 0 atom stereocenters. The largest absolute Gasteiger partial charge is 0.338 e. The zero-order valence-electron chi connectivity index (χ0n) is 12.3. The molecule has 1 aromatic carbocycles. The van der Waals surface area contributed by atoms with E-state index < -0.39 is 0 Å². The van der Waals surface area contributed by atoms with Gasteiger partial charge >= 0.3 is 0 Å². The normalized spacial score (nSPS) is 20.8. The Bertz CT molecular complexity index is 478. The molecule has 2 aliphatic rings. The summed E-state index contributed by atoms with van der Waals surface area (Å²) in [5.41, 5.74) is 2.74. The fourth-order valence-electron chi connectivity index (χ4n) is 3.35. The van der Waals surface area contributed by atoms with Gasteiger partial charge < -0.3 is 9.80 Å². The van der Waals surface area contributed by atoms with Gasteiger partial charge in [0, 0.05) is 19.5 Å². The molecule has 1 saturated heterocycles. The van der Waals surface area contributed by atoms with Gasteiger partial charge in [-0.1, -0.05) is 24.3 Å². The van der Waals surface area contributed by atoms with Crippen LogP contribution in [0.1, 0.15) is 30.4 Å². The minimum Gasteiger partial charge on any atom is -0.338 e. The zero-order valence-corrected chi connectivity index (χ0v) is 12.3. The van der Waals surface area contributed by atoms with Gasteiger partial charge in [0.05, 0.1) is 0 Å². The van der Waals surface area contributed by atoms with Gasteiger partial charge in [0.1, 0.15) is 0 Å². The summed E-state index contributed by atoms with van der Waals surface area (Å²) < 4.78 is 0. The van der Waals surface area contributed by atoms with Crippen LogP contribution in [0, 0.1) is 5.92 Å². The van der Waals surface area contributed by atoms with Gasteiger partial charge in [0.25, 0.3) is 0 Å². The Hall–Kier alpha value is -1.35. The average molecular weight is 272 g/mol. The summed E-state index contributed by atoms with van der Waals surface area (Å²) in [4.78, 5) is 16.9. The molecule has 108 valence electrons. The molecule has 0 saturated carbocycles. The topological polar surface area (TPSA) is 23.6 Å². The summed E-state index contributed by atoms with van der Waals surface area (Å²) in [5, 5.41) is 0. The van der Waals surface area contributed by atoms with Gasteiger partial charge in [-0.3, -0.25) is 4.79 Å². The van der Waals surface area contributed by atoms with E-state index in [-0.39, 0.29) is 0 Å². The summed E-state index contributed by atoms with van der Waals surface area (Å²) >= 11 is 0. The Labute approximate surface area is 121 Å². The third-order valence-electron chi connectivity index (χ3n) is 4.78. The molecule has 0 N–H and O–H groups in total. The van der Waals surface area contributed by atoms with Crippen molar-refractivity contribution in [3.05, 3.63) is 35.4 Å². The van der Waals surface area contributed by atoms with Crippen LogP contribution in [0.4, 0.5) is 0 Å². The van der Waals surface area contributed by atoms with E-state index in [1.165, 1.54) is 24.0 Å². The second-order valence-electron chi connectivity index (χ2n) is 6.28. The van der Waals surface area contributed by atoms with Gasteiger partial charge in [-0.05, 0) is 56.4 Å². The quantitative estimate of drug-likeness (QED) is 0.825. The van der Waals surface area contributed by atoms with Crippen LogP contribution in [0.25, 0.3) is 0 Å². The Morgan fingerprint density at radius 3 is 2.60 bits per heavy atom. The number of nitrogens with zero attached hydrogens (tertiary/aromatic N) is 2. The smallest absolute Gasteiger partial charge is 0.223 e. The highest BCUT2D eigenvalue weighted by Crippen LogP contribution is 2.23. The van der Waals surface area contributed by atoms with E-state index in [4.69, 9.17) is 0 Å². The van der Waals surface area contributed by atoms with E-state index in [1.807, 2.05) is 0 Å². The molecule has 20 heavy (non-hydrogen) atoms. The third-order valence-corrected chi connectivity index (χ3v) is 4.78. The van der Waals surface area contributed by atoms with E-state index >= 15 is 0 Å². The summed E-state index contributed by atoms with van der Waals surface area (Å²) in [6.45, 7) is 3.98. The molecule has 0 aliphatic carbocycles. The number of likely N-dealkylation sites (tertiary alicyclic amines) is 1. The lowest BCUT2D eigenvalue weighted by Gasteiger charge is -2.32. The second-order valence-corrected chi connectivity index (χ2v) is 6.28. The lowest BCUT2D eigenvalue weighted by molar-refractivity contribution is -0.133. The van der Waals surface area contributed by atoms with Crippen molar-refractivity contribution in [3.63, 3.8) is 0 Å². The third kappa shape index (κ3) is 3.04. The molecule has 0 spiro atoms. The van der Waals surface area contributed by atoms with Gasteiger partial charge in [-0.2, -0.15) is 0 Å². The molecular weight excluding hydrogens is 248 g/mol. The maximum Gasteiger partial charge on any atom is 0.223 e. The minimum atomic E-state index is 0.356. The highest BCUT2D eigenvalue weighted by atomic mass is 16.2. The zero-order chi connectivity index (χ0) is 13.9. The van der Waals surface area contributed by atoms with Crippen molar-refractivity contribution in [2.24, 2.45) is 5.92 Å². The molecule has 1 aromatic rings. The molecular formula is C17H24N2O.